The lowest BCUT2D eigenvalue weighted by molar-refractivity contribution is 0.0603. The van der Waals surface area contributed by atoms with Gasteiger partial charge in [-0.15, -0.1) is 16.4 Å². The van der Waals surface area contributed by atoms with Gasteiger partial charge in [-0.2, -0.15) is 0 Å². The first-order chi connectivity index (χ1) is 15.9. The summed E-state index contributed by atoms with van der Waals surface area (Å²) in [5.41, 5.74) is 4.55. The molecule has 2 aromatic carbocycles. The molecule has 0 bridgehead atoms. The number of aromatic nitrogens is 3. The van der Waals surface area contributed by atoms with E-state index in [1.165, 1.54) is 24.0 Å². The fourth-order valence-electron chi connectivity index (χ4n) is 3.54. The Labute approximate surface area is 201 Å². The van der Waals surface area contributed by atoms with Crippen molar-refractivity contribution in [1.82, 2.24) is 14.8 Å². The predicted molar refractivity (Wildman–Crippen MR) is 136 cm³/mol. The van der Waals surface area contributed by atoms with Crippen molar-refractivity contribution < 1.29 is 9.53 Å². The predicted octanol–water partition coefficient (Wildman–Crippen LogP) is 5.27. The van der Waals surface area contributed by atoms with Crippen LogP contribution in [0.3, 0.4) is 0 Å². The smallest absolute Gasteiger partial charge is 0.341 e. The maximum Gasteiger partial charge on any atom is 0.341 e. The summed E-state index contributed by atoms with van der Waals surface area (Å²) < 4.78 is 6.80. The van der Waals surface area contributed by atoms with E-state index in [2.05, 4.69) is 39.8 Å². The first-order valence-corrected chi connectivity index (χ1v) is 11.5. The van der Waals surface area contributed by atoms with Gasteiger partial charge in [-0.1, -0.05) is 60.2 Å². The van der Waals surface area contributed by atoms with E-state index < -0.39 is 5.97 Å². The third kappa shape index (κ3) is 5.27. The van der Waals surface area contributed by atoms with Crippen molar-refractivity contribution >= 4 is 45.6 Å². The Kier molecular flexibility index (Phi) is 6.81. The normalized spacial score (nSPS) is 10.6. The molecule has 0 atom stereocenters. The van der Waals surface area contributed by atoms with Gasteiger partial charge in [-0.05, 0) is 37.2 Å². The van der Waals surface area contributed by atoms with Crippen molar-refractivity contribution in [3.8, 4) is 11.1 Å². The van der Waals surface area contributed by atoms with E-state index in [4.69, 9.17) is 17.0 Å². The summed E-state index contributed by atoms with van der Waals surface area (Å²) in [7, 11) is 1.37. The summed E-state index contributed by atoms with van der Waals surface area (Å²) in [6.07, 6.45) is 1.65. The maximum absolute atomic E-state index is 12.6. The van der Waals surface area contributed by atoms with Crippen LogP contribution in [0.25, 0.3) is 11.1 Å². The lowest BCUT2D eigenvalue weighted by Crippen LogP contribution is -2.21. The zero-order chi connectivity index (χ0) is 23.4. The third-order valence-electron chi connectivity index (χ3n) is 4.95. The number of carbonyl (C=O) groups is 1. The van der Waals surface area contributed by atoms with Crippen LogP contribution < -0.4 is 10.6 Å². The molecular formula is C24H23N5O2S2. The van der Waals surface area contributed by atoms with Gasteiger partial charge in [0.05, 0.1) is 13.7 Å². The van der Waals surface area contributed by atoms with Crippen molar-refractivity contribution in [2.45, 2.75) is 20.4 Å². The molecule has 0 saturated heterocycles. The highest BCUT2D eigenvalue weighted by atomic mass is 32.1. The second kappa shape index (κ2) is 9.93. The molecule has 2 aromatic heterocycles. The Balaban J connectivity index is 1.51. The number of hydrogen-bond donors (Lipinski definition) is 2. The Morgan fingerprint density at radius 3 is 2.64 bits per heavy atom. The molecule has 33 heavy (non-hydrogen) atoms. The monoisotopic (exact) mass is 477 g/mol. The van der Waals surface area contributed by atoms with Crippen molar-refractivity contribution in [3.63, 3.8) is 0 Å². The van der Waals surface area contributed by atoms with E-state index in [0.29, 0.717) is 23.1 Å². The Morgan fingerprint density at radius 2 is 1.91 bits per heavy atom. The van der Waals surface area contributed by atoms with Gasteiger partial charge in [0.2, 0.25) is 5.95 Å². The summed E-state index contributed by atoms with van der Waals surface area (Å²) in [6, 6.07) is 18.0. The first kappa shape index (κ1) is 22.6. The number of methoxy groups -OCH3 is 1. The average molecular weight is 478 g/mol. The first-order valence-electron chi connectivity index (χ1n) is 10.2. The SMILES string of the molecule is COC(=O)c1c(NC(=S)Nc2ncn(Cc3cccc(C)c3)n2)sc(C)c1-c1ccccc1. The fourth-order valence-corrected chi connectivity index (χ4v) is 4.87. The molecule has 4 rings (SSSR count). The summed E-state index contributed by atoms with van der Waals surface area (Å²) in [5.74, 6) is -0.0552. The molecule has 168 valence electrons. The number of ether oxygens (including phenoxy) is 1. The molecule has 4 aromatic rings. The number of thiophene rings is 1. The number of hydrogen-bond acceptors (Lipinski definition) is 6. The number of nitrogens with zero attached hydrogens (tertiary/aromatic N) is 3. The van der Waals surface area contributed by atoms with E-state index in [1.54, 1.807) is 11.0 Å². The summed E-state index contributed by atoms with van der Waals surface area (Å²) in [4.78, 5) is 17.9. The van der Waals surface area contributed by atoms with E-state index in [1.807, 2.05) is 49.4 Å². The number of nitrogens with one attached hydrogen (secondary N) is 2. The fraction of sp³-hybridized carbons (Fsp3) is 0.167. The van der Waals surface area contributed by atoms with Crippen LogP contribution >= 0.6 is 23.6 Å². The lowest BCUT2D eigenvalue weighted by atomic mass is 10.0. The standard InChI is InChI=1S/C24H23N5O2S2/c1-15-8-7-9-17(12-15)13-29-14-25-23(28-29)27-24(32)26-21-20(22(30)31-3)19(16(2)33-21)18-10-5-4-6-11-18/h4-12,14H,13H2,1-3H3,(H2,26,27,28,32). The average Bonchev–Trinajstić information content (AvgIpc) is 3.36. The molecule has 2 heterocycles. The molecule has 0 unspecified atom stereocenters. The molecule has 0 radical (unpaired) electrons. The number of carbonyl (C=O) groups excluding carboxylic acids is 1. The highest BCUT2D eigenvalue weighted by molar-refractivity contribution is 7.80. The Hall–Kier alpha value is -3.56. The Bertz CT molecular complexity index is 1300. The second-order valence-electron chi connectivity index (χ2n) is 7.43. The zero-order valence-electron chi connectivity index (χ0n) is 18.5. The van der Waals surface area contributed by atoms with Crippen LogP contribution in [-0.4, -0.2) is 33.0 Å². The summed E-state index contributed by atoms with van der Waals surface area (Å²) in [6.45, 7) is 4.63. The molecule has 9 heteroatoms. The number of aryl methyl sites for hydroxylation is 2. The highest BCUT2D eigenvalue weighted by Gasteiger charge is 2.24. The van der Waals surface area contributed by atoms with E-state index in [0.717, 1.165) is 21.6 Å². The molecule has 0 aliphatic heterocycles. The van der Waals surface area contributed by atoms with Gasteiger partial charge in [0.25, 0.3) is 0 Å². The summed E-state index contributed by atoms with van der Waals surface area (Å²) in [5, 5.41) is 11.4. The second-order valence-corrected chi connectivity index (χ2v) is 9.06. The molecule has 0 fully saturated rings. The van der Waals surface area contributed by atoms with Crippen molar-refractivity contribution in [1.29, 1.82) is 0 Å². The number of esters is 1. The van der Waals surface area contributed by atoms with E-state index >= 15 is 0 Å². The van der Waals surface area contributed by atoms with Crippen LogP contribution in [0.4, 0.5) is 10.9 Å². The molecule has 0 amide bonds. The van der Waals surface area contributed by atoms with Crippen LogP contribution in [0.2, 0.25) is 0 Å². The van der Waals surface area contributed by atoms with E-state index in [9.17, 15) is 4.79 Å². The topological polar surface area (TPSA) is 81.1 Å². The largest absolute Gasteiger partial charge is 0.465 e. The maximum atomic E-state index is 12.6. The van der Waals surface area contributed by atoms with Crippen LogP contribution in [0.1, 0.15) is 26.4 Å². The number of benzene rings is 2. The minimum Gasteiger partial charge on any atom is -0.465 e. The summed E-state index contributed by atoms with van der Waals surface area (Å²) >= 11 is 6.91. The van der Waals surface area contributed by atoms with Crippen LogP contribution in [0.15, 0.2) is 60.9 Å². The molecule has 2 N–H and O–H groups in total. The third-order valence-corrected chi connectivity index (χ3v) is 6.18. The van der Waals surface area contributed by atoms with Gasteiger partial charge in [0, 0.05) is 10.4 Å². The molecule has 0 aliphatic carbocycles. The van der Waals surface area contributed by atoms with Gasteiger partial charge < -0.3 is 10.1 Å². The molecule has 7 nitrogen and oxygen atoms in total. The van der Waals surface area contributed by atoms with Crippen LogP contribution in [-0.2, 0) is 11.3 Å². The molecule has 0 aliphatic rings. The van der Waals surface area contributed by atoms with Gasteiger partial charge in [0.1, 0.15) is 16.9 Å². The molecule has 0 spiro atoms. The van der Waals surface area contributed by atoms with E-state index in [-0.39, 0.29) is 5.11 Å². The molecule has 0 saturated carbocycles. The van der Waals surface area contributed by atoms with Gasteiger partial charge in [0.15, 0.2) is 5.11 Å². The molecular weight excluding hydrogens is 454 g/mol. The zero-order valence-corrected chi connectivity index (χ0v) is 20.1. The van der Waals surface area contributed by atoms with Crippen molar-refractivity contribution in [2.75, 3.05) is 17.7 Å². The minimum absolute atomic E-state index is 0.286. The Morgan fingerprint density at radius 1 is 1.12 bits per heavy atom. The van der Waals surface area contributed by atoms with Gasteiger partial charge >= 0.3 is 5.97 Å². The number of anilines is 2. The number of thiocarbonyl (C=S) groups is 1. The lowest BCUT2D eigenvalue weighted by Gasteiger charge is -2.09. The van der Waals surface area contributed by atoms with Crippen molar-refractivity contribution in [3.05, 3.63) is 82.5 Å². The van der Waals surface area contributed by atoms with Crippen LogP contribution in [0, 0.1) is 13.8 Å². The number of rotatable bonds is 6. The quantitative estimate of drug-likeness (QED) is 0.289. The van der Waals surface area contributed by atoms with Gasteiger partial charge in [-0.25, -0.2) is 14.5 Å². The van der Waals surface area contributed by atoms with Gasteiger partial charge in [-0.3, -0.25) is 5.32 Å². The minimum atomic E-state index is -0.427. The van der Waals surface area contributed by atoms with Crippen LogP contribution in [0.5, 0.6) is 0 Å². The highest BCUT2D eigenvalue weighted by Crippen LogP contribution is 2.40. The van der Waals surface area contributed by atoms with Crippen molar-refractivity contribution in [2.24, 2.45) is 0 Å².